The lowest BCUT2D eigenvalue weighted by Gasteiger charge is -2.38. The SMILES string of the molecule is CCOC(=O)C1=C(CBr)NC(c2nccs2)=N[C@H]1c1cccc(F)c1Cl.CCOC(=O)C1=C(CN2CCN3C(=O)N(C4(CC(=O)O)CC4)C[C@@H]3C2)NC(c2nccs2)=N[C@H]1c1cccc(F)c1Cl.O=C(O)CC1(N2C[C@@H]3CCCCN3C2=O)CC1.[CH3-]. The Morgan fingerprint density at radius 2 is 1.17 bits per heavy atom. The molecule has 8 aliphatic rings. The van der Waals surface area contributed by atoms with Crippen molar-refractivity contribution in [2.24, 2.45) is 9.98 Å². The molecule has 0 radical (unpaired) electrons. The van der Waals surface area contributed by atoms with Gasteiger partial charge in [-0.1, -0.05) is 63.4 Å². The van der Waals surface area contributed by atoms with Crippen LogP contribution >= 0.6 is 61.8 Å². The summed E-state index contributed by atoms with van der Waals surface area (Å²) in [4.78, 5) is 101. The van der Waals surface area contributed by atoms with E-state index in [-0.39, 0.29) is 78.3 Å². The Hall–Kier alpha value is -6.58. The fourth-order valence-electron chi connectivity index (χ4n) is 11.9. The number of fused-ring (bicyclic) bond motifs is 2. The molecule has 4 saturated heterocycles. The van der Waals surface area contributed by atoms with Gasteiger partial charge in [0.25, 0.3) is 0 Å². The zero-order valence-corrected chi connectivity index (χ0v) is 52.1. The van der Waals surface area contributed by atoms with Gasteiger partial charge in [0.05, 0.1) is 70.4 Å². The van der Waals surface area contributed by atoms with Gasteiger partial charge >= 0.3 is 35.9 Å². The van der Waals surface area contributed by atoms with Gasteiger partial charge in [0.1, 0.15) is 23.7 Å². The first-order valence-corrected chi connectivity index (χ1v) is 31.6. The summed E-state index contributed by atoms with van der Waals surface area (Å²) in [6.07, 6.45) is 9.81. The number of carboxylic acid groups (broad SMARTS) is 2. The number of urea groups is 2. The molecule has 4 atom stereocenters. The molecule has 0 bridgehead atoms. The number of halogens is 5. The number of esters is 2. The number of nitrogens with one attached hydrogen (secondary N) is 2. The number of thiazole rings is 2. The number of amidine groups is 2. The van der Waals surface area contributed by atoms with Crippen LogP contribution in [0.15, 0.2) is 92.1 Å². The van der Waals surface area contributed by atoms with E-state index in [1.54, 1.807) is 43.3 Å². The molecule has 12 rings (SSSR count). The number of carbonyl (C=O) groups excluding carboxylic acids is 4. The van der Waals surface area contributed by atoms with Gasteiger partial charge < -0.3 is 57.3 Å². The van der Waals surface area contributed by atoms with E-state index in [1.165, 1.54) is 53.4 Å². The molecule has 2 aliphatic carbocycles. The molecule has 28 heteroatoms. The van der Waals surface area contributed by atoms with E-state index in [0.29, 0.717) is 101 Å². The summed E-state index contributed by atoms with van der Waals surface area (Å²) in [5, 5.41) is 29.8. The standard InChI is InChI=1S/C28H30ClFN6O5S.C17H14BrClFN3O2S.C12H18N2O3.CH3/c1-2-41-26(39)21-19(32-24(25-31-8-11-42-25)33-23(21)17-4-3-5-18(30)22(17)29)15-34-9-10-35-16(13-34)14-36(27(35)40)28(6-7-28)12-20(37)38;1-2-25-17(24)12-11(8-18)22-15(16-21-6-7-26-16)23-14(12)9-4-3-5-10(20)13(9)19;15-10(16)7-12(4-5-12)14-8-9-3-1-2-6-13(9)11(14)17;/h3-5,8,11,16,23H,2,6-7,9-10,12-15H2,1H3,(H,32,33)(H,37,38);3-7,14H,2,8H2,1H3,(H,22,23);9H,1-8H2,(H,15,16);1H3/q;;;-1/t16-,23-;14-;9-;/m000./s1. The van der Waals surface area contributed by atoms with Crippen molar-refractivity contribution >= 4 is 109 Å². The summed E-state index contributed by atoms with van der Waals surface area (Å²) in [7, 11) is 0. The minimum atomic E-state index is -0.932. The number of aromatic nitrogens is 2. The maximum absolute atomic E-state index is 14.6. The van der Waals surface area contributed by atoms with E-state index >= 15 is 0 Å². The van der Waals surface area contributed by atoms with E-state index < -0.39 is 53.1 Å². The molecule has 0 unspecified atom stereocenters. The molecule has 8 heterocycles. The van der Waals surface area contributed by atoms with Gasteiger partial charge in [-0.05, 0) is 70.9 Å². The van der Waals surface area contributed by atoms with E-state index in [4.69, 9.17) is 42.8 Å². The number of piperidine rings is 1. The Morgan fingerprint density at radius 1 is 0.698 bits per heavy atom. The summed E-state index contributed by atoms with van der Waals surface area (Å²) in [6, 6.07) is 7.32. The minimum absolute atomic E-state index is 0. The molecular weight excluding hydrogens is 1260 g/mol. The highest BCUT2D eigenvalue weighted by molar-refractivity contribution is 9.09. The molecule has 2 aromatic heterocycles. The van der Waals surface area contributed by atoms with Gasteiger partial charge in [0.15, 0.2) is 21.7 Å². The Morgan fingerprint density at radius 3 is 1.62 bits per heavy atom. The molecule has 4 N–H and O–H groups in total. The smallest absolute Gasteiger partial charge is 0.338 e. The molecule has 2 aromatic carbocycles. The predicted molar refractivity (Wildman–Crippen MR) is 323 cm³/mol. The summed E-state index contributed by atoms with van der Waals surface area (Å²) < 4.78 is 39.2. The second kappa shape index (κ2) is 27.2. The largest absolute Gasteiger partial charge is 0.481 e. The fourth-order valence-corrected chi connectivity index (χ4v) is 14.0. The number of aliphatic carboxylic acids is 2. The second-order valence-electron chi connectivity index (χ2n) is 21.6. The maximum atomic E-state index is 14.6. The molecule has 6 aliphatic heterocycles. The topological polar surface area (TPSA) is 252 Å². The number of hydrogen-bond acceptors (Lipinski definition) is 17. The van der Waals surface area contributed by atoms with Gasteiger partial charge in [0, 0.05) is 96.8 Å². The molecule has 460 valence electrons. The number of carboxylic acids is 2. The zero-order chi connectivity index (χ0) is 60.3. The van der Waals surface area contributed by atoms with E-state index in [0.717, 1.165) is 38.8 Å². The summed E-state index contributed by atoms with van der Waals surface area (Å²) >= 11 is 18.7. The highest BCUT2D eigenvalue weighted by atomic mass is 79.9. The average Bonchev–Trinajstić information content (AvgIpc) is 1.81. The highest BCUT2D eigenvalue weighted by Crippen LogP contribution is 2.49. The number of aliphatic imine (C=N–C) groups is 2. The highest BCUT2D eigenvalue weighted by Gasteiger charge is 2.58. The van der Waals surface area contributed by atoms with Gasteiger partial charge in [0.2, 0.25) is 0 Å². The second-order valence-corrected chi connectivity index (χ2v) is 24.7. The van der Waals surface area contributed by atoms with Crippen LogP contribution in [0, 0.1) is 19.1 Å². The Balaban J connectivity index is 0.000000170. The van der Waals surface area contributed by atoms with Crippen LogP contribution in [0.2, 0.25) is 10.0 Å². The molecule has 6 fully saturated rings. The maximum Gasteiger partial charge on any atom is 0.338 e. The molecule has 21 nitrogen and oxygen atoms in total. The monoisotopic (exact) mass is 1330 g/mol. The summed E-state index contributed by atoms with van der Waals surface area (Å²) in [5.74, 6) is -3.07. The van der Waals surface area contributed by atoms with E-state index in [9.17, 15) is 42.7 Å². The van der Waals surface area contributed by atoms with Crippen LogP contribution in [0.4, 0.5) is 18.4 Å². The van der Waals surface area contributed by atoms with Gasteiger partial charge in [-0.3, -0.25) is 24.5 Å². The third-order valence-electron chi connectivity index (χ3n) is 16.3. The molecule has 2 saturated carbocycles. The van der Waals surface area contributed by atoms with Crippen LogP contribution in [0.25, 0.3) is 0 Å². The lowest BCUT2D eigenvalue weighted by molar-refractivity contribution is -0.139. The van der Waals surface area contributed by atoms with Crippen molar-refractivity contribution in [1.82, 2.24) is 45.1 Å². The minimum Gasteiger partial charge on any atom is -0.481 e. The Bertz CT molecular complexity index is 3370. The molecule has 4 amide bonds. The number of carbonyl (C=O) groups is 6. The number of nitrogens with zero attached hydrogens (tertiary/aromatic N) is 9. The van der Waals surface area contributed by atoms with Crippen LogP contribution < -0.4 is 10.6 Å². The lowest BCUT2D eigenvalue weighted by Crippen LogP contribution is -2.53. The third-order valence-corrected chi connectivity index (χ3v) is 19.2. The van der Waals surface area contributed by atoms with Gasteiger partial charge in [-0.15, -0.1) is 22.7 Å². The number of amides is 4. The van der Waals surface area contributed by atoms with Crippen molar-refractivity contribution in [3.63, 3.8) is 0 Å². The van der Waals surface area contributed by atoms with Crippen LogP contribution in [-0.2, 0) is 28.7 Å². The summed E-state index contributed by atoms with van der Waals surface area (Å²) in [6.45, 7) is 7.67. The number of piperazine rings is 1. The van der Waals surface area contributed by atoms with Crippen LogP contribution in [0.1, 0.15) is 105 Å². The van der Waals surface area contributed by atoms with Crippen molar-refractivity contribution in [3.05, 3.63) is 132 Å². The van der Waals surface area contributed by atoms with Crippen LogP contribution in [0.5, 0.6) is 0 Å². The Labute approximate surface area is 522 Å². The predicted octanol–water partition coefficient (Wildman–Crippen LogP) is 9.25. The number of benzene rings is 2. The normalized spacial score (nSPS) is 22.5. The van der Waals surface area contributed by atoms with Crippen LogP contribution in [0.3, 0.4) is 0 Å². The molecule has 0 spiro atoms. The van der Waals surface area contributed by atoms with Crippen molar-refractivity contribution in [2.45, 2.75) is 107 Å². The number of allylic oxidation sites excluding steroid dienone is 1. The number of ether oxygens (including phenoxy) is 2. The van der Waals surface area contributed by atoms with Crippen molar-refractivity contribution < 1.29 is 57.2 Å². The van der Waals surface area contributed by atoms with Gasteiger partial charge in [-0.2, -0.15) is 0 Å². The Kier molecular flexibility index (Phi) is 20.2. The van der Waals surface area contributed by atoms with Crippen molar-refractivity contribution in [2.75, 3.05) is 64.4 Å². The average molecular weight is 1330 g/mol. The molecule has 86 heavy (non-hydrogen) atoms. The number of rotatable bonds is 17. The summed E-state index contributed by atoms with van der Waals surface area (Å²) in [5.41, 5.74) is 1.43. The fraction of sp³-hybridized carbons (Fsp3) is 0.466. The first-order chi connectivity index (χ1) is 40.9. The molecule has 4 aromatic rings. The zero-order valence-electron chi connectivity index (χ0n) is 47.4. The first-order valence-electron chi connectivity index (χ1n) is 28.0. The van der Waals surface area contributed by atoms with Crippen LogP contribution in [-0.4, -0.2) is 180 Å². The van der Waals surface area contributed by atoms with Crippen molar-refractivity contribution in [1.29, 1.82) is 0 Å². The quantitative estimate of drug-likeness (QED) is 0.0437. The number of hydrogen-bond donors (Lipinski definition) is 4. The number of alkyl halides is 1. The van der Waals surface area contributed by atoms with Gasteiger partial charge in [-0.25, -0.2) is 37.9 Å². The van der Waals surface area contributed by atoms with Crippen molar-refractivity contribution in [3.8, 4) is 0 Å². The third kappa shape index (κ3) is 13.4. The molecular formula is C58H65BrCl2F2N11O10S2-. The van der Waals surface area contributed by atoms with E-state index in [1.807, 2.05) is 25.5 Å². The lowest BCUT2D eigenvalue weighted by atomic mass is 9.95. The van der Waals surface area contributed by atoms with E-state index in [2.05, 4.69) is 46.4 Å². The first kappa shape index (κ1) is 63.9.